The van der Waals surface area contributed by atoms with E-state index in [0.717, 1.165) is 0 Å². The van der Waals surface area contributed by atoms with Gasteiger partial charge in [-0.3, -0.25) is 0 Å². The van der Waals surface area contributed by atoms with Crippen LogP contribution < -0.4 is 0 Å². The summed E-state index contributed by atoms with van der Waals surface area (Å²) in [5, 5.41) is 10.4. The molecule has 13 rings (SSSR count). The first-order chi connectivity index (χ1) is 29.1. The first kappa shape index (κ1) is 32.6. The number of fused-ring (bicyclic) bond motifs is 12. The van der Waals surface area contributed by atoms with Crippen LogP contribution in [0.5, 0.6) is 0 Å². The van der Waals surface area contributed by atoms with Crippen molar-refractivity contribution in [2.45, 2.75) is 19.8 Å². The van der Waals surface area contributed by atoms with Gasteiger partial charge in [-0.25, -0.2) is 0 Å². The van der Waals surface area contributed by atoms with Gasteiger partial charge in [-0.15, -0.1) is 0 Å². The van der Waals surface area contributed by atoms with Gasteiger partial charge in [0.05, 0.1) is 33.1 Å². The monoisotopic (exact) mass is 750 g/mol. The van der Waals surface area contributed by atoms with E-state index < -0.39 is 0 Å². The summed E-state index contributed by atoms with van der Waals surface area (Å²) in [5.74, 6) is 0.491. The van der Waals surface area contributed by atoms with Gasteiger partial charge in [0.1, 0.15) is 0 Å². The fraction of sp³-hybridized carbons (Fsp3) is 0.0526. The number of nitrogens with zero attached hydrogens (tertiary/aromatic N) is 2. The van der Waals surface area contributed by atoms with Gasteiger partial charge in [-0.1, -0.05) is 147 Å². The summed E-state index contributed by atoms with van der Waals surface area (Å²) in [7, 11) is 0. The van der Waals surface area contributed by atoms with Crippen LogP contribution in [-0.4, -0.2) is 8.80 Å². The summed E-state index contributed by atoms with van der Waals surface area (Å²) >= 11 is 0. The van der Waals surface area contributed by atoms with E-state index in [1.165, 1.54) is 126 Å². The SMILES string of the molecule is CC(C)c1ccc(-c2cc3c4ccccc4n4c5cccc(-c6cccc7c6c6cc(-c8cccc(-c9ccccc9)c8)cc8c9ccccc9n7c86)c5c(c2)c34)cc1. The first-order valence-corrected chi connectivity index (χ1v) is 20.8. The van der Waals surface area contributed by atoms with Crippen molar-refractivity contribution in [1.29, 1.82) is 0 Å². The van der Waals surface area contributed by atoms with Crippen molar-refractivity contribution in [2.24, 2.45) is 0 Å². The van der Waals surface area contributed by atoms with E-state index in [4.69, 9.17) is 0 Å². The highest BCUT2D eigenvalue weighted by molar-refractivity contribution is 6.31. The maximum Gasteiger partial charge on any atom is 0.0621 e. The molecule has 0 unspecified atom stereocenters. The van der Waals surface area contributed by atoms with Crippen molar-refractivity contribution in [3.8, 4) is 44.5 Å². The van der Waals surface area contributed by atoms with Crippen molar-refractivity contribution < 1.29 is 0 Å². The number of rotatable bonds is 5. The molecule has 9 aromatic carbocycles. The zero-order valence-corrected chi connectivity index (χ0v) is 32.9. The minimum Gasteiger partial charge on any atom is -0.308 e. The van der Waals surface area contributed by atoms with Crippen LogP contribution in [0, 0.1) is 0 Å². The Hall–Kier alpha value is -7.42. The molecule has 276 valence electrons. The molecule has 0 bridgehead atoms. The third-order valence-corrected chi connectivity index (χ3v) is 13.1. The van der Waals surface area contributed by atoms with Crippen molar-refractivity contribution in [3.63, 3.8) is 0 Å². The van der Waals surface area contributed by atoms with Gasteiger partial charge in [0.25, 0.3) is 0 Å². The highest BCUT2D eigenvalue weighted by Gasteiger charge is 2.25. The van der Waals surface area contributed by atoms with Gasteiger partial charge in [-0.05, 0) is 111 Å². The molecule has 4 heterocycles. The van der Waals surface area contributed by atoms with E-state index in [1.807, 2.05) is 0 Å². The predicted octanol–water partition coefficient (Wildman–Crippen LogP) is 15.8. The average molecular weight is 751 g/mol. The summed E-state index contributed by atoms with van der Waals surface area (Å²) in [6, 6.07) is 70.4. The van der Waals surface area contributed by atoms with E-state index >= 15 is 0 Å². The molecular weight excluding hydrogens is 713 g/mol. The Morgan fingerprint density at radius 1 is 0.305 bits per heavy atom. The second-order valence-corrected chi connectivity index (χ2v) is 16.7. The highest BCUT2D eigenvalue weighted by atomic mass is 14.9. The number of para-hydroxylation sites is 2. The summed E-state index contributed by atoms with van der Waals surface area (Å²) in [6.45, 7) is 4.53. The topological polar surface area (TPSA) is 8.82 Å². The molecule has 0 N–H and O–H groups in total. The molecule has 0 aliphatic rings. The fourth-order valence-corrected chi connectivity index (χ4v) is 10.4. The minimum absolute atomic E-state index is 0.491. The molecule has 4 aromatic heterocycles. The van der Waals surface area contributed by atoms with E-state index in [2.05, 4.69) is 211 Å². The van der Waals surface area contributed by atoms with Crippen LogP contribution in [0.1, 0.15) is 25.3 Å². The lowest BCUT2D eigenvalue weighted by Gasteiger charge is -2.11. The van der Waals surface area contributed by atoms with Crippen LogP contribution in [0.2, 0.25) is 0 Å². The summed E-state index contributed by atoms with van der Waals surface area (Å²) in [5.41, 5.74) is 18.9. The Labute approximate surface area is 341 Å². The zero-order chi connectivity index (χ0) is 38.9. The molecule has 0 spiro atoms. The maximum absolute atomic E-state index is 2.52. The van der Waals surface area contributed by atoms with Crippen LogP contribution in [0.3, 0.4) is 0 Å². The number of hydrogen-bond acceptors (Lipinski definition) is 0. The predicted molar refractivity (Wildman–Crippen MR) is 252 cm³/mol. The second kappa shape index (κ2) is 12.0. The average Bonchev–Trinajstić information content (AvgIpc) is 4.03. The lowest BCUT2D eigenvalue weighted by molar-refractivity contribution is 0.867. The molecular formula is C57H38N2. The van der Waals surface area contributed by atoms with Gasteiger partial charge in [0, 0.05) is 43.1 Å². The van der Waals surface area contributed by atoms with Gasteiger partial charge in [0.15, 0.2) is 0 Å². The normalized spacial score (nSPS) is 12.4. The molecule has 2 heteroatoms. The molecule has 0 saturated heterocycles. The van der Waals surface area contributed by atoms with Crippen molar-refractivity contribution in [2.75, 3.05) is 0 Å². The smallest absolute Gasteiger partial charge is 0.0621 e. The van der Waals surface area contributed by atoms with Crippen molar-refractivity contribution in [1.82, 2.24) is 8.80 Å². The summed E-state index contributed by atoms with van der Waals surface area (Å²) in [4.78, 5) is 0. The molecule has 0 aliphatic heterocycles. The standard InChI is InChI=1S/C57H38N2/c1-34(2)35-25-27-37(28-26-35)40-30-46-42-17-6-8-21-50(42)58-52-23-11-19-44(54(52)48(32-40)56(46)58)45-20-12-24-53-55(45)49-33-41(31-47-43-18-7-9-22-51(43)59(53)57(47)49)39-16-10-15-38(29-39)36-13-4-3-5-14-36/h3-34H,1-2H3. The molecule has 0 saturated carbocycles. The van der Waals surface area contributed by atoms with Crippen molar-refractivity contribution >= 4 is 76.2 Å². The number of benzene rings is 9. The van der Waals surface area contributed by atoms with Crippen LogP contribution in [0.4, 0.5) is 0 Å². The number of hydrogen-bond donors (Lipinski definition) is 0. The molecule has 0 amide bonds. The summed E-state index contributed by atoms with van der Waals surface area (Å²) in [6.07, 6.45) is 0. The molecule has 0 aliphatic carbocycles. The first-order valence-electron chi connectivity index (χ1n) is 20.8. The second-order valence-electron chi connectivity index (χ2n) is 16.7. The Balaban J connectivity index is 1.13. The van der Waals surface area contributed by atoms with Gasteiger partial charge < -0.3 is 8.80 Å². The minimum atomic E-state index is 0.491. The Kier molecular flexibility index (Phi) is 6.67. The molecule has 0 radical (unpaired) electrons. The third kappa shape index (κ3) is 4.52. The Morgan fingerprint density at radius 2 is 0.729 bits per heavy atom. The Bertz CT molecular complexity index is 3790. The lowest BCUT2D eigenvalue weighted by Crippen LogP contribution is -1.87. The van der Waals surface area contributed by atoms with Crippen molar-refractivity contribution in [3.05, 3.63) is 194 Å². The maximum atomic E-state index is 2.52. The van der Waals surface area contributed by atoms with Gasteiger partial charge in [-0.2, -0.15) is 0 Å². The molecule has 2 nitrogen and oxygen atoms in total. The third-order valence-electron chi connectivity index (χ3n) is 13.1. The van der Waals surface area contributed by atoms with Crippen LogP contribution in [-0.2, 0) is 0 Å². The lowest BCUT2D eigenvalue weighted by atomic mass is 9.92. The quantitative estimate of drug-likeness (QED) is 0.166. The molecule has 0 fully saturated rings. The van der Waals surface area contributed by atoms with Crippen LogP contribution in [0.25, 0.3) is 121 Å². The van der Waals surface area contributed by atoms with E-state index in [9.17, 15) is 0 Å². The van der Waals surface area contributed by atoms with Crippen LogP contribution in [0.15, 0.2) is 188 Å². The number of aromatic nitrogens is 2. The largest absolute Gasteiger partial charge is 0.308 e. The fourth-order valence-electron chi connectivity index (χ4n) is 10.4. The summed E-state index contributed by atoms with van der Waals surface area (Å²) < 4.78 is 5.03. The van der Waals surface area contributed by atoms with E-state index in [0.29, 0.717) is 5.92 Å². The molecule has 13 aromatic rings. The van der Waals surface area contributed by atoms with E-state index in [-0.39, 0.29) is 0 Å². The van der Waals surface area contributed by atoms with E-state index in [1.54, 1.807) is 0 Å². The highest BCUT2D eigenvalue weighted by Crippen LogP contribution is 2.49. The van der Waals surface area contributed by atoms with Crippen LogP contribution >= 0.6 is 0 Å². The Morgan fingerprint density at radius 3 is 1.29 bits per heavy atom. The van der Waals surface area contributed by atoms with Gasteiger partial charge in [0.2, 0.25) is 0 Å². The zero-order valence-electron chi connectivity index (χ0n) is 32.9. The van der Waals surface area contributed by atoms with Gasteiger partial charge >= 0.3 is 0 Å². The molecule has 0 atom stereocenters. The molecule has 59 heavy (non-hydrogen) atoms.